The Morgan fingerprint density at radius 1 is 1.43 bits per heavy atom. The summed E-state index contributed by atoms with van der Waals surface area (Å²) < 4.78 is 2.47. The number of rotatable bonds is 5. The summed E-state index contributed by atoms with van der Waals surface area (Å²) in [4.78, 5) is 8.93. The summed E-state index contributed by atoms with van der Waals surface area (Å²) in [5.74, 6) is 0.524. The van der Waals surface area contributed by atoms with Gasteiger partial charge in [-0.2, -0.15) is 0 Å². The van der Waals surface area contributed by atoms with Gasteiger partial charge < -0.3 is 0 Å². The zero-order valence-corrected chi connectivity index (χ0v) is 11.5. The summed E-state index contributed by atoms with van der Waals surface area (Å²) in [5.41, 5.74) is 1.19. The number of unbranched alkanes of at least 4 members (excludes halogenated alkanes) is 1. The fraction of sp³-hybridized carbons (Fsp3) is 0.636. The molecule has 0 aliphatic carbocycles. The average Bonchev–Trinajstić information content (AvgIpc) is 2.19. The third kappa shape index (κ3) is 3.90. The van der Waals surface area contributed by atoms with Gasteiger partial charge in [0.2, 0.25) is 0 Å². The molecular formula is C11H19IN2. The molecule has 1 rings (SSSR count). The minimum absolute atomic E-state index is 0.120. The quantitative estimate of drug-likeness (QED) is 0.361. The van der Waals surface area contributed by atoms with Crippen LogP contribution in [0.3, 0.4) is 0 Å². The zero-order valence-electron chi connectivity index (χ0n) is 9.16. The second-order valence-corrected chi connectivity index (χ2v) is 6.65. The SMILES string of the molecule is CCCC[IH]c1nccc(C(C)C)n1. The number of alkyl halides is 1. The van der Waals surface area contributed by atoms with Gasteiger partial charge in [-0.1, -0.05) is 0 Å². The predicted molar refractivity (Wildman–Crippen MR) is 70.0 cm³/mol. The molecule has 14 heavy (non-hydrogen) atoms. The molecule has 0 aromatic carbocycles. The molecule has 0 atom stereocenters. The van der Waals surface area contributed by atoms with E-state index in [1.807, 2.05) is 12.3 Å². The van der Waals surface area contributed by atoms with Gasteiger partial charge in [-0.25, -0.2) is 0 Å². The van der Waals surface area contributed by atoms with E-state index in [2.05, 4.69) is 30.7 Å². The van der Waals surface area contributed by atoms with Crippen LogP contribution in [0.2, 0.25) is 0 Å². The molecule has 0 aliphatic rings. The topological polar surface area (TPSA) is 25.8 Å². The van der Waals surface area contributed by atoms with Crippen molar-refractivity contribution in [3.05, 3.63) is 21.8 Å². The number of hydrogen-bond donors (Lipinski definition) is 0. The van der Waals surface area contributed by atoms with E-state index >= 15 is 0 Å². The summed E-state index contributed by atoms with van der Waals surface area (Å²) in [7, 11) is 0. The Hall–Kier alpha value is -0.190. The van der Waals surface area contributed by atoms with Crippen molar-refractivity contribution in [2.45, 2.75) is 39.5 Å². The van der Waals surface area contributed by atoms with Gasteiger partial charge in [0.25, 0.3) is 0 Å². The molecule has 0 N–H and O–H groups in total. The summed E-state index contributed by atoms with van der Waals surface area (Å²) >= 11 is -0.120. The summed E-state index contributed by atoms with van der Waals surface area (Å²) in [5, 5.41) is 0. The van der Waals surface area contributed by atoms with Crippen LogP contribution in [-0.2, 0) is 0 Å². The van der Waals surface area contributed by atoms with Crippen molar-refractivity contribution in [2.24, 2.45) is 0 Å². The van der Waals surface area contributed by atoms with Gasteiger partial charge in [0.1, 0.15) is 0 Å². The number of halogens is 1. The fourth-order valence-electron chi connectivity index (χ4n) is 1.05. The molecule has 1 aromatic rings. The first-order chi connectivity index (χ1) is 6.74. The van der Waals surface area contributed by atoms with Crippen LogP contribution in [0.1, 0.15) is 45.2 Å². The van der Waals surface area contributed by atoms with Crippen molar-refractivity contribution in [3.63, 3.8) is 0 Å². The predicted octanol–water partition coefficient (Wildman–Crippen LogP) is 3.27. The normalized spacial score (nSPS) is 11.1. The molecule has 0 bridgehead atoms. The molecule has 0 spiro atoms. The Kier molecular flexibility index (Phi) is 5.37. The molecule has 0 saturated carbocycles. The molecule has 0 fully saturated rings. The average molecular weight is 306 g/mol. The molecule has 0 radical (unpaired) electrons. The standard InChI is InChI=1S/C11H19IN2/c1-4-5-7-12-11-13-8-6-10(14-11)9(2)3/h6,8-9,12H,4-5,7H2,1-3H3. The van der Waals surface area contributed by atoms with Crippen LogP contribution in [0.4, 0.5) is 0 Å². The summed E-state index contributed by atoms with van der Waals surface area (Å²) in [6, 6.07) is 2.03. The van der Waals surface area contributed by atoms with Gasteiger partial charge in [0.05, 0.1) is 0 Å². The molecule has 1 heterocycles. The Bertz CT molecular complexity index is 274. The molecule has 0 aliphatic heterocycles. The van der Waals surface area contributed by atoms with Gasteiger partial charge in [0, 0.05) is 0 Å². The van der Waals surface area contributed by atoms with Crippen molar-refractivity contribution >= 4 is 21.2 Å². The second kappa shape index (κ2) is 6.32. The van der Waals surface area contributed by atoms with Crippen molar-refractivity contribution < 1.29 is 0 Å². The van der Waals surface area contributed by atoms with E-state index in [-0.39, 0.29) is 21.2 Å². The van der Waals surface area contributed by atoms with E-state index in [1.165, 1.54) is 23.0 Å². The summed E-state index contributed by atoms with van der Waals surface area (Å²) in [6.45, 7) is 6.59. The fourth-order valence-corrected chi connectivity index (χ4v) is 3.68. The second-order valence-electron chi connectivity index (χ2n) is 3.62. The number of nitrogens with zero attached hydrogens (tertiary/aromatic N) is 2. The van der Waals surface area contributed by atoms with Gasteiger partial charge in [0.15, 0.2) is 0 Å². The van der Waals surface area contributed by atoms with E-state index in [9.17, 15) is 0 Å². The molecule has 0 unspecified atom stereocenters. The van der Waals surface area contributed by atoms with Gasteiger partial charge in [-0.05, 0) is 0 Å². The van der Waals surface area contributed by atoms with Crippen LogP contribution in [0.15, 0.2) is 12.3 Å². The van der Waals surface area contributed by atoms with Crippen LogP contribution in [-0.4, -0.2) is 14.4 Å². The van der Waals surface area contributed by atoms with E-state index in [0.29, 0.717) is 5.92 Å². The molecule has 2 nitrogen and oxygen atoms in total. The van der Waals surface area contributed by atoms with Crippen molar-refractivity contribution in [3.8, 4) is 0 Å². The van der Waals surface area contributed by atoms with Crippen LogP contribution < -0.4 is 0 Å². The molecular weight excluding hydrogens is 287 g/mol. The van der Waals surface area contributed by atoms with Gasteiger partial charge in [-0.15, -0.1) is 0 Å². The van der Waals surface area contributed by atoms with Crippen molar-refractivity contribution in [1.82, 2.24) is 9.97 Å². The van der Waals surface area contributed by atoms with E-state index < -0.39 is 0 Å². The van der Waals surface area contributed by atoms with Crippen LogP contribution in [0.5, 0.6) is 0 Å². The first-order valence-electron chi connectivity index (χ1n) is 5.19. The van der Waals surface area contributed by atoms with Crippen LogP contribution in [0, 0.1) is 3.83 Å². The van der Waals surface area contributed by atoms with Crippen LogP contribution in [0.25, 0.3) is 0 Å². The Labute approximate surface area is 96.8 Å². The third-order valence-corrected chi connectivity index (χ3v) is 4.68. The van der Waals surface area contributed by atoms with Gasteiger partial charge >= 0.3 is 96.9 Å². The molecule has 3 heteroatoms. The van der Waals surface area contributed by atoms with Crippen molar-refractivity contribution in [2.75, 3.05) is 4.43 Å². The van der Waals surface area contributed by atoms with E-state index in [1.54, 1.807) is 0 Å². The maximum atomic E-state index is 4.59. The number of aromatic nitrogens is 2. The molecule has 0 amide bonds. The summed E-state index contributed by atoms with van der Waals surface area (Å²) in [6.07, 6.45) is 4.53. The van der Waals surface area contributed by atoms with E-state index in [4.69, 9.17) is 0 Å². The van der Waals surface area contributed by atoms with E-state index in [0.717, 1.165) is 3.83 Å². The van der Waals surface area contributed by atoms with Crippen LogP contribution >= 0.6 is 21.2 Å². The molecule has 0 saturated heterocycles. The first kappa shape index (κ1) is 11.9. The monoisotopic (exact) mass is 306 g/mol. The molecule has 80 valence electrons. The Balaban J connectivity index is 2.55. The Morgan fingerprint density at radius 2 is 2.21 bits per heavy atom. The van der Waals surface area contributed by atoms with Gasteiger partial charge in [-0.3, -0.25) is 0 Å². The first-order valence-corrected chi connectivity index (χ1v) is 8.01. The molecule has 1 aromatic heterocycles. The Morgan fingerprint density at radius 3 is 2.86 bits per heavy atom. The van der Waals surface area contributed by atoms with Crippen molar-refractivity contribution in [1.29, 1.82) is 0 Å². The number of hydrogen-bond acceptors (Lipinski definition) is 2. The maximum absolute atomic E-state index is 4.59. The minimum atomic E-state index is -0.120. The third-order valence-electron chi connectivity index (χ3n) is 1.98. The zero-order chi connectivity index (χ0) is 10.4.